The summed E-state index contributed by atoms with van der Waals surface area (Å²) < 4.78 is 29.9. The molecule has 0 aromatic heterocycles. The largest absolute Gasteiger partial charge is 0.502 e. The quantitative estimate of drug-likeness (QED) is 0.140. The molecule has 0 spiro atoms. The Hall–Kier alpha value is -3.07. The Morgan fingerprint density at radius 3 is 2.38 bits per heavy atom. The first kappa shape index (κ1) is 24.0. The Bertz CT molecular complexity index is 1040. The zero-order valence-electron chi connectivity index (χ0n) is 14.7. The number of hydroxylamine groups is 1. The van der Waals surface area contributed by atoms with Crippen LogP contribution in [-0.4, -0.2) is 40.4 Å². The minimum absolute atomic E-state index is 0.0666. The maximum absolute atomic E-state index is 10.6. The Morgan fingerprint density at radius 1 is 1.31 bits per heavy atom. The molecule has 0 heterocycles. The Balaban J connectivity index is 0.000000326. The Morgan fingerprint density at radius 2 is 1.90 bits per heavy atom. The lowest BCUT2D eigenvalue weighted by atomic mass is 10.2. The molecule has 156 valence electrons. The predicted octanol–water partition coefficient (Wildman–Crippen LogP) is 1.93. The molecule has 0 saturated heterocycles. The number of aryl methyl sites for hydroxylation is 1. The van der Waals surface area contributed by atoms with Gasteiger partial charge in [-0.3, -0.25) is 19.9 Å². The van der Waals surface area contributed by atoms with Crippen molar-refractivity contribution in [3.05, 3.63) is 62.1 Å². The fourth-order valence-corrected chi connectivity index (χ4v) is 2.67. The number of rotatable bonds is 4. The highest BCUT2D eigenvalue weighted by Crippen LogP contribution is 2.32. The molecular weight excluding hydrogens is 474 g/mol. The van der Waals surface area contributed by atoms with Crippen LogP contribution in [0.3, 0.4) is 0 Å². The van der Waals surface area contributed by atoms with Gasteiger partial charge in [0.05, 0.1) is 16.0 Å². The van der Waals surface area contributed by atoms with E-state index in [1.165, 1.54) is 18.2 Å². The number of benzene rings is 2. The van der Waals surface area contributed by atoms with E-state index in [0.29, 0.717) is 4.47 Å². The summed E-state index contributed by atoms with van der Waals surface area (Å²) in [5.41, 5.74) is 7.18. The summed E-state index contributed by atoms with van der Waals surface area (Å²) in [6, 6.07) is 8.55. The smallest absolute Gasteiger partial charge is 0.312 e. The minimum Gasteiger partial charge on any atom is -0.502 e. The minimum atomic E-state index is -4.02. The summed E-state index contributed by atoms with van der Waals surface area (Å²) >= 11 is 3.06. The van der Waals surface area contributed by atoms with Crippen LogP contribution in [0.2, 0.25) is 0 Å². The normalized spacial score (nSPS) is 11.7. The number of hydrogen-bond acceptors (Lipinski definition) is 8. The van der Waals surface area contributed by atoms with Crippen molar-refractivity contribution in [2.45, 2.75) is 11.8 Å². The zero-order chi connectivity index (χ0) is 22.2. The fourth-order valence-electron chi connectivity index (χ4n) is 1.73. The van der Waals surface area contributed by atoms with Gasteiger partial charge in [0.25, 0.3) is 10.1 Å². The fraction of sp³-hybridized carbons (Fsp3) is 0.0667. The summed E-state index contributed by atoms with van der Waals surface area (Å²) in [5, 5.41) is 35.3. The standard InChI is InChI=1S/C8H8BrN5O4.C7H8O3S/c9-5-1-4(3-11-12-8(10)13-16)7(15)6(2-5)14(17)18;1-6-2-4-7(5-3-6)11(8,9)10/h1-3,15-16H,(H3,10,12,13);2-5H,1H3,(H,8,9,10). The van der Waals surface area contributed by atoms with Crippen molar-refractivity contribution in [1.82, 2.24) is 5.48 Å². The van der Waals surface area contributed by atoms with E-state index in [1.54, 1.807) is 17.6 Å². The van der Waals surface area contributed by atoms with Crippen molar-refractivity contribution < 1.29 is 28.2 Å². The maximum atomic E-state index is 10.6. The summed E-state index contributed by atoms with van der Waals surface area (Å²) in [7, 11) is -4.02. The monoisotopic (exact) mass is 489 g/mol. The first-order chi connectivity index (χ1) is 13.5. The third-order valence-corrected chi connectivity index (χ3v) is 4.40. The van der Waals surface area contributed by atoms with Crippen molar-refractivity contribution in [2.75, 3.05) is 0 Å². The van der Waals surface area contributed by atoms with E-state index in [1.807, 2.05) is 6.92 Å². The molecule has 0 aliphatic rings. The van der Waals surface area contributed by atoms with Crippen molar-refractivity contribution in [3.63, 3.8) is 0 Å². The van der Waals surface area contributed by atoms with Gasteiger partial charge in [0, 0.05) is 16.1 Å². The SMILES string of the molecule is Cc1ccc(S(=O)(=O)O)cc1.NC(=NN=Cc1cc(Br)cc([N+](=O)[O-])c1O)NO. The predicted molar refractivity (Wildman–Crippen MR) is 108 cm³/mol. The molecule has 14 heteroatoms. The second-order valence-electron chi connectivity index (χ2n) is 5.25. The molecule has 6 N–H and O–H groups in total. The molecule has 0 aliphatic carbocycles. The lowest BCUT2D eigenvalue weighted by Gasteiger charge is -2.00. The number of hydrogen-bond donors (Lipinski definition) is 5. The van der Waals surface area contributed by atoms with Crippen LogP contribution < -0.4 is 11.2 Å². The molecule has 0 radical (unpaired) electrons. The molecule has 2 aromatic carbocycles. The molecule has 0 atom stereocenters. The van der Waals surface area contributed by atoms with Crippen LogP contribution in [0.5, 0.6) is 5.75 Å². The lowest BCUT2D eigenvalue weighted by molar-refractivity contribution is -0.385. The van der Waals surface area contributed by atoms with Crippen molar-refractivity contribution >= 4 is 43.9 Å². The number of phenols is 1. The van der Waals surface area contributed by atoms with Crippen LogP contribution in [0.4, 0.5) is 5.69 Å². The second kappa shape index (κ2) is 10.5. The molecule has 0 bridgehead atoms. The molecule has 0 unspecified atom stereocenters. The van der Waals surface area contributed by atoms with Crippen molar-refractivity contribution in [3.8, 4) is 5.75 Å². The number of guanidine groups is 1. The molecule has 12 nitrogen and oxygen atoms in total. The van der Waals surface area contributed by atoms with E-state index < -0.39 is 26.5 Å². The van der Waals surface area contributed by atoms with Crippen LogP contribution in [0, 0.1) is 17.0 Å². The third kappa shape index (κ3) is 7.82. The van der Waals surface area contributed by atoms with Gasteiger partial charge in [0.15, 0.2) is 0 Å². The van der Waals surface area contributed by atoms with E-state index in [4.69, 9.17) is 15.5 Å². The molecule has 0 amide bonds. The van der Waals surface area contributed by atoms with E-state index in [-0.39, 0.29) is 16.4 Å². The molecule has 29 heavy (non-hydrogen) atoms. The summed E-state index contributed by atoms with van der Waals surface area (Å²) in [6.45, 7) is 1.84. The van der Waals surface area contributed by atoms with Crippen LogP contribution in [0.25, 0.3) is 0 Å². The molecular formula is C15H16BrN5O7S. The lowest BCUT2D eigenvalue weighted by Crippen LogP contribution is -2.27. The molecule has 0 fully saturated rings. The van der Waals surface area contributed by atoms with E-state index in [2.05, 4.69) is 26.1 Å². The average Bonchev–Trinajstić information content (AvgIpc) is 2.64. The molecule has 0 saturated carbocycles. The van der Waals surface area contributed by atoms with Gasteiger partial charge in [-0.2, -0.15) is 13.5 Å². The Kier molecular flexibility index (Phi) is 8.65. The van der Waals surface area contributed by atoms with Gasteiger partial charge in [-0.05, 0) is 25.1 Å². The number of nitro benzene ring substituents is 1. The highest BCUT2D eigenvalue weighted by molar-refractivity contribution is 9.10. The first-order valence-corrected chi connectivity index (χ1v) is 9.66. The number of halogens is 1. The van der Waals surface area contributed by atoms with Gasteiger partial charge >= 0.3 is 5.69 Å². The van der Waals surface area contributed by atoms with Gasteiger partial charge in [-0.15, -0.1) is 5.10 Å². The number of phenolic OH excluding ortho intramolecular Hbond substituents is 1. The van der Waals surface area contributed by atoms with Crippen LogP contribution >= 0.6 is 15.9 Å². The molecule has 0 aliphatic heterocycles. The number of nitrogens with zero attached hydrogens (tertiary/aromatic N) is 3. The highest BCUT2D eigenvalue weighted by Gasteiger charge is 2.17. The summed E-state index contributed by atoms with van der Waals surface area (Å²) in [6.07, 6.45) is 1.05. The number of nitro groups is 1. The van der Waals surface area contributed by atoms with Gasteiger partial charge in [-0.1, -0.05) is 33.6 Å². The van der Waals surface area contributed by atoms with Crippen LogP contribution in [-0.2, 0) is 10.1 Å². The Labute approximate surface area is 173 Å². The van der Waals surface area contributed by atoms with Gasteiger partial charge in [0.2, 0.25) is 11.7 Å². The van der Waals surface area contributed by atoms with Crippen LogP contribution in [0.1, 0.15) is 11.1 Å². The number of nitrogens with one attached hydrogen (secondary N) is 1. The third-order valence-electron chi connectivity index (χ3n) is 3.08. The van der Waals surface area contributed by atoms with Gasteiger partial charge in [-0.25, -0.2) is 5.48 Å². The average molecular weight is 490 g/mol. The van der Waals surface area contributed by atoms with Gasteiger partial charge < -0.3 is 10.8 Å². The van der Waals surface area contributed by atoms with E-state index >= 15 is 0 Å². The van der Waals surface area contributed by atoms with E-state index in [9.17, 15) is 23.6 Å². The van der Waals surface area contributed by atoms with Gasteiger partial charge in [0.1, 0.15) is 0 Å². The second-order valence-corrected chi connectivity index (χ2v) is 7.59. The molecule has 2 rings (SSSR count). The van der Waals surface area contributed by atoms with Crippen LogP contribution in [0.15, 0.2) is 56.0 Å². The topological polar surface area (TPSA) is 201 Å². The number of aromatic hydroxyl groups is 1. The van der Waals surface area contributed by atoms with Crippen molar-refractivity contribution in [2.24, 2.45) is 15.9 Å². The van der Waals surface area contributed by atoms with Crippen molar-refractivity contribution in [1.29, 1.82) is 0 Å². The first-order valence-electron chi connectivity index (χ1n) is 7.43. The zero-order valence-corrected chi connectivity index (χ0v) is 17.1. The summed E-state index contributed by atoms with van der Waals surface area (Å²) in [4.78, 5) is 9.85. The highest BCUT2D eigenvalue weighted by atomic mass is 79.9. The van der Waals surface area contributed by atoms with E-state index in [0.717, 1.165) is 17.8 Å². The summed E-state index contributed by atoms with van der Waals surface area (Å²) in [5.74, 6) is -0.909. The number of nitrogens with two attached hydrogens (primary N) is 1. The molecule has 2 aromatic rings. The maximum Gasteiger partial charge on any atom is 0.312 e.